The van der Waals surface area contributed by atoms with Crippen LogP contribution in [0.4, 0.5) is 8.78 Å². The molecule has 106 valence electrons. The first-order valence-corrected chi connectivity index (χ1v) is 6.89. The molecule has 20 heavy (non-hydrogen) atoms. The van der Waals surface area contributed by atoms with Crippen LogP contribution in [0.25, 0.3) is 10.6 Å². The quantitative estimate of drug-likeness (QED) is 0.945. The van der Waals surface area contributed by atoms with E-state index in [-0.39, 0.29) is 23.8 Å². The molecule has 0 saturated heterocycles. The minimum absolute atomic E-state index is 0.130. The molecule has 2 aromatic rings. The van der Waals surface area contributed by atoms with Gasteiger partial charge in [-0.05, 0) is 18.6 Å². The van der Waals surface area contributed by atoms with Crippen molar-refractivity contribution in [2.45, 2.75) is 31.2 Å². The first-order chi connectivity index (χ1) is 9.44. The number of carboxylic acid groups (broad SMARTS) is 1. The number of alkyl halides is 2. The summed E-state index contributed by atoms with van der Waals surface area (Å²) < 4.78 is 27.8. The Bertz CT molecular complexity index is 653. The molecule has 5 nitrogen and oxygen atoms in total. The number of aromatic carboxylic acids is 1. The van der Waals surface area contributed by atoms with E-state index in [1.54, 1.807) is 12.3 Å². The van der Waals surface area contributed by atoms with E-state index in [1.165, 1.54) is 10.7 Å². The lowest BCUT2D eigenvalue weighted by Gasteiger charge is -2.09. The number of hydrogen-bond donors (Lipinski definition) is 1. The molecule has 0 aliphatic heterocycles. The molecule has 1 aliphatic carbocycles. The number of aromatic nitrogens is 3. The third kappa shape index (κ3) is 2.43. The van der Waals surface area contributed by atoms with E-state index in [4.69, 9.17) is 5.11 Å². The van der Waals surface area contributed by atoms with E-state index in [9.17, 15) is 13.6 Å². The van der Waals surface area contributed by atoms with Crippen LogP contribution in [0.2, 0.25) is 0 Å². The SMILES string of the molecule is O=C(O)c1ccc(-c2cn(C3CCC(F)(F)C3)nn2)s1. The maximum Gasteiger partial charge on any atom is 0.345 e. The number of carbonyl (C=O) groups is 1. The van der Waals surface area contributed by atoms with Gasteiger partial charge in [0.2, 0.25) is 5.92 Å². The van der Waals surface area contributed by atoms with E-state index in [0.29, 0.717) is 17.0 Å². The summed E-state index contributed by atoms with van der Waals surface area (Å²) in [5.41, 5.74) is 0.512. The molecule has 8 heteroatoms. The predicted molar refractivity (Wildman–Crippen MR) is 68.1 cm³/mol. The van der Waals surface area contributed by atoms with E-state index in [2.05, 4.69) is 10.3 Å². The molecule has 1 N–H and O–H groups in total. The molecule has 0 amide bonds. The predicted octanol–water partition coefficient (Wildman–Crippen LogP) is 3.07. The zero-order valence-corrected chi connectivity index (χ0v) is 11.1. The van der Waals surface area contributed by atoms with Crippen molar-refractivity contribution in [1.82, 2.24) is 15.0 Å². The van der Waals surface area contributed by atoms with Crippen LogP contribution in [-0.2, 0) is 0 Å². The Morgan fingerprint density at radius 3 is 2.90 bits per heavy atom. The van der Waals surface area contributed by atoms with Crippen molar-refractivity contribution in [3.8, 4) is 10.6 Å². The smallest absolute Gasteiger partial charge is 0.345 e. The van der Waals surface area contributed by atoms with Crippen LogP contribution >= 0.6 is 11.3 Å². The summed E-state index contributed by atoms with van der Waals surface area (Å²) in [5, 5.41) is 16.7. The standard InChI is InChI=1S/C12H11F2N3O2S/c13-12(14)4-3-7(5-12)17-6-8(15-16-17)9-1-2-10(20-9)11(18)19/h1-2,6-7H,3-5H2,(H,18,19). The van der Waals surface area contributed by atoms with Gasteiger partial charge in [0.05, 0.1) is 17.1 Å². The molecule has 1 aliphatic rings. The topological polar surface area (TPSA) is 68.0 Å². The molecule has 2 aromatic heterocycles. The Hall–Kier alpha value is -1.83. The summed E-state index contributed by atoms with van der Waals surface area (Å²) in [6, 6.07) is 2.79. The Morgan fingerprint density at radius 2 is 2.30 bits per heavy atom. The number of rotatable bonds is 3. The van der Waals surface area contributed by atoms with Crippen molar-refractivity contribution in [1.29, 1.82) is 0 Å². The van der Waals surface area contributed by atoms with E-state index in [1.807, 2.05) is 0 Å². The van der Waals surface area contributed by atoms with Gasteiger partial charge in [-0.15, -0.1) is 16.4 Å². The maximum atomic E-state index is 13.2. The average Bonchev–Trinajstić information content (AvgIpc) is 3.04. The molecule has 0 aromatic carbocycles. The summed E-state index contributed by atoms with van der Waals surface area (Å²) in [6.07, 6.45) is 1.62. The van der Waals surface area contributed by atoms with Gasteiger partial charge in [-0.3, -0.25) is 0 Å². The molecule has 0 radical (unpaired) electrons. The number of nitrogens with zero attached hydrogens (tertiary/aromatic N) is 3. The van der Waals surface area contributed by atoms with E-state index < -0.39 is 11.9 Å². The maximum absolute atomic E-state index is 13.2. The number of carboxylic acids is 1. The number of thiophene rings is 1. The van der Waals surface area contributed by atoms with Gasteiger partial charge in [0.25, 0.3) is 0 Å². The van der Waals surface area contributed by atoms with Crippen molar-refractivity contribution in [2.75, 3.05) is 0 Å². The molecule has 1 unspecified atom stereocenters. The fourth-order valence-electron chi connectivity index (χ4n) is 2.31. The van der Waals surface area contributed by atoms with Crippen molar-refractivity contribution in [3.63, 3.8) is 0 Å². The monoisotopic (exact) mass is 299 g/mol. The molecule has 0 bridgehead atoms. The van der Waals surface area contributed by atoms with Gasteiger partial charge in [0, 0.05) is 12.8 Å². The van der Waals surface area contributed by atoms with E-state index in [0.717, 1.165) is 11.3 Å². The van der Waals surface area contributed by atoms with E-state index >= 15 is 0 Å². The van der Waals surface area contributed by atoms with Gasteiger partial charge in [0.1, 0.15) is 10.6 Å². The highest BCUT2D eigenvalue weighted by molar-refractivity contribution is 7.17. The minimum atomic E-state index is -2.63. The van der Waals surface area contributed by atoms with Crippen LogP contribution < -0.4 is 0 Å². The van der Waals surface area contributed by atoms with Crippen LogP contribution in [0.15, 0.2) is 18.3 Å². The zero-order valence-electron chi connectivity index (χ0n) is 10.3. The van der Waals surface area contributed by atoms with Gasteiger partial charge in [-0.1, -0.05) is 5.21 Å². The second kappa shape index (κ2) is 4.62. The molecule has 0 spiro atoms. The summed E-state index contributed by atoms with van der Waals surface area (Å²) in [7, 11) is 0. The summed E-state index contributed by atoms with van der Waals surface area (Å²) in [4.78, 5) is 11.7. The van der Waals surface area contributed by atoms with Gasteiger partial charge in [-0.25, -0.2) is 18.3 Å². The fourth-order valence-corrected chi connectivity index (χ4v) is 3.11. The Kier molecular flexibility index (Phi) is 3.04. The highest BCUT2D eigenvalue weighted by atomic mass is 32.1. The lowest BCUT2D eigenvalue weighted by molar-refractivity contribution is 0.00511. The van der Waals surface area contributed by atoms with Gasteiger partial charge >= 0.3 is 5.97 Å². The Labute approximate surface area is 116 Å². The molecular weight excluding hydrogens is 288 g/mol. The highest BCUT2D eigenvalue weighted by Crippen LogP contribution is 2.41. The lowest BCUT2D eigenvalue weighted by Crippen LogP contribution is -2.12. The van der Waals surface area contributed by atoms with Crippen LogP contribution in [-0.4, -0.2) is 32.0 Å². The number of halogens is 2. The van der Waals surface area contributed by atoms with Crippen molar-refractivity contribution < 1.29 is 18.7 Å². The first kappa shape index (κ1) is 13.2. The van der Waals surface area contributed by atoms with Crippen molar-refractivity contribution in [2.24, 2.45) is 0 Å². The third-order valence-corrected chi connectivity index (χ3v) is 4.43. The highest BCUT2D eigenvalue weighted by Gasteiger charge is 2.40. The molecule has 1 saturated carbocycles. The fraction of sp³-hybridized carbons (Fsp3) is 0.417. The average molecular weight is 299 g/mol. The van der Waals surface area contributed by atoms with Crippen LogP contribution in [0.5, 0.6) is 0 Å². The molecule has 1 fully saturated rings. The van der Waals surface area contributed by atoms with Crippen molar-refractivity contribution in [3.05, 3.63) is 23.2 Å². The van der Waals surface area contributed by atoms with Gasteiger partial charge in [0.15, 0.2) is 0 Å². The molecular formula is C12H11F2N3O2S. The summed E-state index contributed by atoms with van der Waals surface area (Å²) in [5.74, 6) is -3.63. The minimum Gasteiger partial charge on any atom is -0.477 e. The first-order valence-electron chi connectivity index (χ1n) is 6.08. The van der Waals surface area contributed by atoms with Crippen LogP contribution in [0.3, 0.4) is 0 Å². The Morgan fingerprint density at radius 1 is 1.50 bits per heavy atom. The van der Waals surface area contributed by atoms with Crippen molar-refractivity contribution >= 4 is 17.3 Å². The van der Waals surface area contributed by atoms with Crippen LogP contribution in [0, 0.1) is 0 Å². The zero-order chi connectivity index (χ0) is 14.3. The summed E-state index contributed by atoms with van der Waals surface area (Å²) >= 11 is 1.09. The molecule has 3 rings (SSSR count). The second-order valence-corrected chi connectivity index (χ2v) is 5.89. The molecule has 1 atom stereocenters. The lowest BCUT2D eigenvalue weighted by atomic mass is 10.2. The number of hydrogen-bond acceptors (Lipinski definition) is 4. The molecule has 2 heterocycles. The largest absolute Gasteiger partial charge is 0.477 e. The summed E-state index contributed by atoms with van der Waals surface area (Å²) in [6.45, 7) is 0. The third-order valence-electron chi connectivity index (χ3n) is 3.33. The second-order valence-electron chi connectivity index (χ2n) is 4.81. The van der Waals surface area contributed by atoms with Gasteiger partial charge < -0.3 is 5.11 Å². The normalized spacial score (nSPS) is 21.2. The van der Waals surface area contributed by atoms with Crippen LogP contribution in [0.1, 0.15) is 35.0 Å². The Balaban J connectivity index is 1.81. The van der Waals surface area contributed by atoms with Gasteiger partial charge in [-0.2, -0.15) is 0 Å².